The molecule has 0 aromatic heterocycles. The van der Waals surface area contributed by atoms with E-state index in [2.05, 4.69) is 5.73 Å². The van der Waals surface area contributed by atoms with Crippen LogP contribution in [-0.2, 0) is 16.2 Å². The number of urea groups is 1. The minimum Gasteiger partial charge on any atom is -0.372 e. The number of carbonyl (C=O) groups is 2. The van der Waals surface area contributed by atoms with Crippen LogP contribution < -0.4 is 5.73 Å². The summed E-state index contributed by atoms with van der Waals surface area (Å²) in [6, 6.07) is 10.2. The average molecular weight is 277 g/mol. The van der Waals surface area contributed by atoms with E-state index in [0.29, 0.717) is 6.61 Å². The Kier molecular flexibility index (Phi) is 4.95. The largest absolute Gasteiger partial charge is 0.372 e. The first-order valence-corrected chi connectivity index (χ1v) is 6.66. The molecule has 2 heterocycles. The van der Waals surface area contributed by atoms with E-state index in [1.54, 1.807) is 5.06 Å². The number of primary amides is 1. The Bertz CT molecular complexity index is 452. The number of rotatable bonds is 3. The van der Waals surface area contributed by atoms with E-state index < -0.39 is 0 Å². The second-order valence-electron chi connectivity index (χ2n) is 4.75. The maximum Gasteiger partial charge on any atom is 0.344 e. The summed E-state index contributed by atoms with van der Waals surface area (Å²) in [5.41, 5.74) is 5.26. The zero-order chi connectivity index (χ0) is 14.4. The fourth-order valence-corrected chi connectivity index (χ4v) is 2.49. The molecule has 1 unspecified atom stereocenters. The lowest BCUT2D eigenvalue weighted by Crippen LogP contribution is -2.33. The average Bonchev–Trinajstić information content (AvgIpc) is 2.69. The molecule has 1 aromatic carbocycles. The van der Waals surface area contributed by atoms with Gasteiger partial charge in [-0.3, -0.25) is 9.63 Å². The maximum atomic E-state index is 11.9. The minimum atomic E-state index is 0.0310. The number of hydroxylamine groups is 2. The van der Waals surface area contributed by atoms with Crippen LogP contribution in [0.3, 0.4) is 0 Å². The predicted octanol–water partition coefficient (Wildman–Crippen LogP) is 1.12. The van der Waals surface area contributed by atoms with Crippen LogP contribution in [0.1, 0.15) is 18.4 Å². The monoisotopic (exact) mass is 277 g/mol. The Balaban J connectivity index is 0.000000452. The first kappa shape index (κ1) is 14.3. The van der Waals surface area contributed by atoms with Crippen LogP contribution in [0.15, 0.2) is 30.3 Å². The van der Waals surface area contributed by atoms with Crippen molar-refractivity contribution in [2.45, 2.75) is 25.5 Å². The van der Waals surface area contributed by atoms with Gasteiger partial charge in [0.05, 0.1) is 6.04 Å². The van der Waals surface area contributed by atoms with Crippen LogP contribution in [0.25, 0.3) is 0 Å². The number of hydrogen-bond donors (Lipinski definition) is 1. The summed E-state index contributed by atoms with van der Waals surface area (Å²) in [6.45, 7) is 2.17. The summed E-state index contributed by atoms with van der Waals surface area (Å²) in [6.07, 6.45) is 2.39. The Morgan fingerprint density at radius 1 is 1.35 bits per heavy atom. The molecule has 6 nitrogen and oxygen atoms in total. The van der Waals surface area contributed by atoms with Crippen molar-refractivity contribution in [2.75, 3.05) is 13.1 Å². The molecule has 2 fully saturated rings. The van der Waals surface area contributed by atoms with E-state index >= 15 is 0 Å². The zero-order valence-corrected chi connectivity index (χ0v) is 11.3. The Morgan fingerprint density at radius 2 is 2.05 bits per heavy atom. The molecule has 1 atom stereocenters. The van der Waals surface area contributed by atoms with Crippen LogP contribution >= 0.6 is 0 Å². The van der Waals surface area contributed by atoms with E-state index in [1.807, 2.05) is 35.2 Å². The van der Waals surface area contributed by atoms with Crippen LogP contribution in [0.2, 0.25) is 0 Å². The minimum absolute atomic E-state index is 0.0310. The van der Waals surface area contributed by atoms with Crippen molar-refractivity contribution in [2.24, 2.45) is 5.73 Å². The van der Waals surface area contributed by atoms with Crippen LogP contribution in [-0.4, -0.2) is 41.5 Å². The zero-order valence-electron chi connectivity index (χ0n) is 11.3. The standard InChI is InChI=1S/C13H16N2O2.CH3NO/c16-13-14-8-4-7-12(9-14)15(13)17-10-11-5-2-1-3-6-11;2-1-3/h1-3,5-6,12H,4,7-10H2;1H,(H2,2,3). The third-order valence-electron chi connectivity index (χ3n) is 3.40. The van der Waals surface area contributed by atoms with Crippen molar-refractivity contribution in [3.05, 3.63) is 35.9 Å². The Labute approximate surface area is 118 Å². The summed E-state index contributed by atoms with van der Waals surface area (Å²) in [4.78, 5) is 28.0. The molecule has 2 bridgehead atoms. The van der Waals surface area contributed by atoms with Crippen molar-refractivity contribution in [3.8, 4) is 0 Å². The molecule has 1 aromatic rings. The van der Waals surface area contributed by atoms with Gasteiger partial charge in [0, 0.05) is 13.1 Å². The van der Waals surface area contributed by atoms with Gasteiger partial charge in [-0.05, 0) is 18.4 Å². The molecule has 3 amide bonds. The number of carbonyl (C=O) groups excluding carboxylic acids is 2. The molecule has 108 valence electrons. The van der Waals surface area contributed by atoms with Crippen molar-refractivity contribution in [3.63, 3.8) is 0 Å². The number of benzene rings is 1. The maximum absolute atomic E-state index is 11.9. The lowest BCUT2D eigenvalue weighted by molar-refractivity contribution is -0.140. The van der Waals surface area contributed by atoms with Gasteiger partial charge in [0.25, 0.3) is 0 Å². The molecular formula is C14H19N3O3. The second-order valence-corrected chi connectivity index (χ2v) is 4.75. The van der Waals surface area contributed by atoms with Gasteiger partial charge in [0.1, 0.15) is 6.61 Å². The molecule has 2 aliphatic heterocycles. The number of nitrogens with zero attached hydrogens (tertiary/aromatic N) is 2. The Hall–Kier alpha value is -2.08. The molecule has 3 rings (SSSR count). The molecule has 0 aliphatic carbocycles. The summed E-state index contributed by atoms with van der Waals surface area (Å²) >= 11 is 0. The highest BCUT2D eigenvalue weighted by Gasteiger charge is 2.40. The molecule has 0 spiro atoms. The third kappa shape index (κ3) is 3.27. The van der Waals surface area contributed by atoms with E-state index in [-0.39, 0.29) is 18.5 Å². The molecule has 20 heavy (non-hydrogen) atoms. The van der Waals surface area contributed by atoms with Gasteiger partial charge in [0.15, 0.2) is 0 Å². The molecule has 6 heteroatoms. The van der Waals surface area contributed by atoms with Gasteiger partial charge < -0.3 is 10.6 Å². The normalized spacial score (nSPS) is 20.4. The van der Waals surface area contributed by atoms with Gasteiger partial charge in [-0.25, -0.2) is 4.79 Å². The highest BCUT2D eigenvalue weighted by atomic mass is 16.7. The number of nitrogens with two attached hydrogens (primary N) is 1. The molecule has 2 saturated heterocycles. The molecule has 0 saturated carbocycles. The van der Waals surface area contributed by atoms with Gasteiger partial charge >= 0.3 is 6.03 Å². The van der Waals surface area contributed by atoms with Crippen LogP contribution in [0, 0.1) is 0 Å². The van der Waals surface area contributed by atoms with E-state index in [0.717, 1.165) is 31.5 Å². The summed E-state index contributed by atoms with van der Waals surface area (Å²) in [5, 5.41) is 1.57. The van der Waals surface area contributed by atoms with Crippen molar-refractivity contribution < 1.29 is 14.4 Å². The van der Waals surface area contributed by atoms with Crippen molar-refractivity contribution >= 4 is 12.4 Å². The summed E-state index contributed by atoms with van der Waals surface area (Å²) in [7, 11) is 0. The third-order valence-corrected chi connectivity index (χ3v) is 3.40. The number of hydrogen-bond acceptors (Lipinski definition) is 3. The van der Waals surface area contributed by atoms with Gasteiger partial charge in [-0.2, -0.15) is 5.06 Å². The van der Waals surface area contributed by atoms with Crippen LogP contribution in [0.5, 0.6) is 0 Å². The van der Waals surface area contributed by atoms with Gasteiger partial charge in [-0.15, -0.1) is 0 Å². The first-order valence-electron chi connectivity index (χ1n) is 6.66. The first-order chi connectivity index (χ1) is 9.76. The smallest absolute Gasteiger partial charge is 0.344 e. The molecule has 2 aliphatic rings. The highest BCUT2D eigenvalue weighted by Crippen LogP contribution is 2.25. The van der Waals surface area contributed by atoms with Crippen molar-refractivity contribution in [1.29, 1.82) is 0 Å². The van der Waals surface area contributed by atoms with Crippen LogP contribution in [0.4, 0.5) is 4.79 Å². The Morgan fingerprint density at radius 3 is 2.70 bits per heavy atom. The topological polar surface area (TPSA) is 75.9 Å². The predicted molar refractivity (Wildman–Crippen MR) is 73.3 cm³/mol. The van der Waals surface area contributed by atoms with Crippen molar-refractivity contribution in [1.82, 2.24) is 9.96 Å². The molecule has 2 N–H and O–H groups in total. The SMILES string of the molecule is NC=O.O=C1N2CCCC(C2)N1OCc1ccccc1. The fraction of sp³-hybridized carbons (Fsp3) is 0.429. The number of piperidine rings is 1. The van der Waals surface area contributed by atoms with E-state index in [4.69, 9.17) is 9.63 Å². The number of amides is 3. The summed E-state index contributed by atoms with van der Waals surface area (Å²) in [5.74, 6) is 0. The van der Waals surface area contributed by atoms with E-state index in [9.17, 15) is 4.79 Å². The molecular weight excluding hydrogens is 258 g/mol. The fourth-order valence-electron chi connectivity index (χ4n) is 2.49. The summed E-state index contributed by atoms with van der Waals surface area (Å²) < 4.78 is 0. The lowest BCUT2D eigenvalue weighted by Gasteiger charge is -2.22. The second kappa shape index (κ2) is 6.91. The molecule has 0 radical (unpaired) electrons. The van der Waals surface area contributed by atoms with E-state index in [1.165, 1.54) is 0 Å². The lowest BCUT2D eigenvalue weighted by atomic mass is 10.1. The highest BCUT2D eigenvalue weighted by molar-refractivity contribution is 5.76. The van der Waals surface area contributed by atoms with Gasteiger partial charge in [0.2, 0.25) is 6.41 Å². The van der Waals surface area contributed by atoms with Gasteiger partial charge in [-0.1, -0.05) is 30.3 Å². The quantitative estimate of drug-likeness (QED) is 0.841. The number of fused-ring (bicyclic) bond motifs is 2.